The number of aromatic amines is 1. The number of nitrogens with two attached hydrogens (primary N) is 1. The third-order valence-electron chi connectivity index (χ3n) is 4.12. The number of nitrogens with one attached hydrogen (secondary N) is 2. The van der Waals surface area contributed by atoms with Crippen molar-refractivity contribution in [3.8, 4) is 0 Å². The fraction of sp³-hybridized carbons (Fsp3) is 0.211. The number of aromatic nitrogens is 1. The second-order valence-corrected chi connectivity index (χ2v) is 8.21. The van der Waals surface area contributed by atoms with Gasteiger partial charge < -0.3 is 16.0 Å². The zero-order chi connectivity index (χ0) is 18.7. The lowest BCUT2D eigenvalue weighted by Gasteiger charge is -2.13. The van der Waals surface area contributed by atoms with Gasteiger partial charge in [0.05, 0.1) is 12.6 Å². The summed E-state index contributed by atoms with van der Waals surface area (Å²) in [5.74, 6) is -0.199. The van der Waals surface area contributed by atoms with Crippen LogP contribution in [-0.4, -0.2) is 23.2 Å². The van der Waals surface area contributed by atoms with Gasteiger partial charge in [-0.2, -0.15) is 0 Å². The first kappa shape index (κ1) is 19.3. The third kappa shape index (κ3) is 4.62. The Balaban J connectivity index is 1.61. The molecule has 1 atom stereocenters. The van der Waals surface area contributed by atoms with Crippen molar-refractivity contribution in [2.75, 3.05) is 6.26 Å². The number of benzene rings is 2. The summed E-state index contributed by atoms with van der Waals surface area (Å²) < 4.78 is 1.02. The van der Waals surface area contributed by atoms with Crippen LogP contribution in [0.1, 0.15) is 11.3 Å². The molecule has 0 aliphatic rings. The van der Waals surface area contributed by atoms with E-state index in [-0.39, 0.29) is 5.91 Å². The van der Waals surface area contributed by atoms with Crippen molar-refractivity contribution >= 4 is 56.1 Å². The maximum Gasteiger partial charge on any atom is 0.237 e. The minimum Gasteiger partial charge on any atom is -0.357 e. The normalized spacial score (nSPS) is 12.3. The highest BCUT2D eigenvalue weighted by atomic mass is 79.9. The van der Waals surface area contributed by atoms with Gasteiger partial charge in [-0.25, -0.2) is 0 Å². The van der Waals surface area contributed by atoms with E-state index in [1.807, 2.05) is 48.7 Å². The number of hydrogen-bond acceptors (Lipinski definition) is 3. The highest BCUT2D eigenvalue weighted by Crippen LogP contribution is 2.24. The number of halogens is 2. The second kappa shape index (κ2) is 8.48. The molecule has 3 rings (SSSR count). The molecule has 0 aliphatic heterocycles. The zero-order valence-corrected chi connectivity index (χ0v) is 17.3. The molecule has 0 radical (unpaired) electrons. The SMILES string of the molecule is CSc1ccc(Cl)c(CC(N)C(=O)NCc2cc3cc(Br)ccc3[nH]2)c1. The predicted molar refractivity (Wildman–Crippen MR) is 113 cm³/mol. The standard InChI is InChI=1S/C19H19BrClN3OS/c1-26-15-3-4-16(21)11(8-15)9-17(22)19(25)23-10-14-7-12-6-13(20)2-5-18(12)24-14/h2-8,17,24H,9-10,22H2,1H3,(H,23,25). The first-order valence-corrected chi connectivity index (χ1v) is 10.5. The van der Waals surface area contributed by atoms with Gasteiger partial charge >= 0.3 is 0 Å². The lowest BCUT2D eigenvalue weighted by Crippen LogP contribution is -2.41. The highest BCUT2D eigenvalue weighted by Gasteiger charge is 2.16. The first-order chi connectivity index (χ1) is 12.5. The molecule has 1 amide bonds. The molecule has 0 fully saturated rings. The molecule has 4 N–H and O–H groups in total. The summed E-state index contributed by atoms with van der Waals surface area (Å²) in [6.45, 7) is 0.400. The Morgan fingerprint density at radius 2 is 2.12 bits per heavy atom. The van der Waals surface area contributed by atoms with Crippen molar-refractivity contribution in [3.05, 3.63) is 63.2 Å². The fourth-order valence-corrected chi connectivity index (χ4v) is 3.77. The van der Waals surface area contributed by atoms with Gasteiger partial charge in [0.15, 0.2) is 0 Å². The lowest BCUT2D eigenvalue weighted by atomic mass is 10.1. The molecule has 0 spiro atoms. The minimum atomic E-state index is -0.650. The van der Waals surface area contributed by atoms with Gasteiger partial charge in [-0.05, 0) is 60.7 Å². The van der Waals surface area contributed by atoms with Gasteiger partial charge in [-0.1, -0.05) is 27.5 Å². The van der Waals surface area contributed by atoms with Crippen LogP contribution >= 0.6 is 39.3 Å². The van der Waals surface area contributed by atoms with Crippen LogP contribution in [0, 0.1) is 0 Å². The molecule has 1 unspecified atom stereocenters. The van der Waals surface area contributed by atoms with Crippen molar-refractivity contribution in [2.45, 2.75) is 23.9 Å². The number of carbonyl (C=O) groups excluding carboxylic acids is 1. The maximum atomic E-state index is 12.3. The van der Waals surface area contributed by atoms with E-state index in [0.717, 1.165) is 31.5 Å². The summed E-state index contributed by atoms with van der Waals surface area (Å²) in [7, 11) is 0. The van der Waals surface area contributed by atoms with Crippen LogP contribution in [0.25, 0.3) is 10.9 Å². The molecule has 2 aromatic carbocycles. The number of hydrogen-bond donors (Lipinski definition) is 3. The monoisotopic (exact) mass is 451 g/mol. The summed E-state index contributed by atoms with van der Waals surface area (Å²) in [4.78, 5) is 16.7. The van der Waals surface area contributed by atoms with Gasteiger partial charge in [0.1, 0.15) is 0 Å². The molecule has 3 aromatic rings. The number of H-pyrrole nitrogens is 1. The molecule has 0 saturated heterocycles. The molecular formula is C19H19BrClN3OS. The Labute approximate surface area is 170 Å². The van der Waals surface area contributed by atoms with Gasteiger partial charge in [0, 0.05) is 31.0 Å². The van der Waals surface area contributed by atoms with Crippen LogP contribution < -0.4 is 11.1 Å². The van der Waals surface area contributed by atoms with Crippen molar-refractivity contribution in [1.29, 1.82) is 0 Å². The van der Waals surface area contributed by atoms with Crippen molar-refractivity contribution in [2.24, 2.45) is 5.73 Å². The number of fused-ring (bicyclic) bond motifs is 1. The molecule has 1 aromatic heterocycles. The Hall–Kier alpha value is -1.47. The van der Waals surface area contributed by atoms with E-state index in [9.17, 15) is 4.79 Å². The van der Waals surface area contributed by atoms with Gasteiger partial charge in [0.2, 0.25) is 5.91 Å². The van der Waals surface area contributed by atoms with Gasteiger partial charge in [-0.3, -0.25) is 4.79 Å². The molecule has 136 valence electrons. The molecule has 0 bridgehead atoms. The number of amides is 1. The summed E-state index contributed by atoms with van der Waals surface area (Å²) in [5.41, 5.74) is 8.92. The summed E-state index contributed by atoms with van der Waals surface area (Å²) in [5, 5.41) is 4.61. The summed E-state index contributed by atoms with van der Waals surface area (Å²) in [6.07, 6.45) is 2.40. The van der Waals surface area contributed by atoms with Crippen LogP contribution in [0.15, 0.2) is 51.8 Å². The molecule has 1 heterocycles. The lowest BCUT2D eigenvalue weighted by molar-refractivity contribution is -0.122. The first-order valence-electron chi connectivity index (χ1n) is 8.09. The van der Waals surface area contributed by atoms with E-state index in [0.29, 0.717) is 18.0 Å². The van der Waals surface area contributed by atoms with Crippen molar-refractivity contribution in [3.63, 3.8) is 0 Å². The van der Waals surface area contributed by atoms with Crippen LogP contribution in [0.4, 0.5) is 0 Å². The van der Waals surface area contributed by atoms with Gasteiger partial charge in [0.25, 0.3) is 0 Å². The predicted octanol–water partition coefficient (Wildman–Crippen LogP) is 4.49. The maximum absolute atomic E-state index is 12.3. The highest BCUT2D eigenvalue weighted by molar-refractivity contribution is 9.10. The van der Waals surface area contributed by atoms with Crippen LogP contribution in [0.3, 0.4) is 0 Å². The van der Waals surface area contributed by atoms with E-state index >= 15 is 0 Å². The van der Waals surface area contributed by atoms with E-state index in [2.05, 4.69) is 26.2 Å². The molecule has 7 heteroatoms. The Bertz CT molecular complexity index is 944. The molecule has 0 aliphatic carbocycles. The summed E-state index contributed by atoms with van der Waals surface area (Å²) >= 11 is 11.3. The average molecular weight is 453 g/mol. The molecular weight excluding hydrogens is 434 g/mol. The smallest absolute Gasteiger partial charge is 0.237 e. The number of thioether (sulfide) groups is 1. The quantitative estimate of drug-likeness (QED) is 0.483. The topological polar surface area (TPSA) is 70.9 Å². The number of carbonyl (C=O) groups is 1. The number of rotatable bonds is 6. The summed E-state index contributed by atoms with van der Waals surface area (Å²) in [6, 6.07) is 13.2. The van der Waals surface area contributed by atoms with E-state index in [4.69, 9.17) is 17.3 Å². The second-order valence-electron chi connectivity index (χ2n) is 6.01. The average Bonchev–Trinajstić information content (AvgIpc) is 3.03. The van der Waals surface area contributed by atoms with E-state index < -0.39 is 6.04 Å². The molecule has 26 heavy (non-hydrogen) atoms. The third-order valence-corrected chi connectivity index (χ3v) is 5.71. The molecule has 0 saturated carbocycles. The molecule has 4 nitrogen and oxygen atoms in total. The minimum absolute atomic E-state index is 0.199. The largest absolute Gasteiger partial charge is 0.357 e. The van der Waals surface area contributed by atoms with Crippen LogP contribution in [0.5, 0.6) is 0 Å². The van der Waals surface area contributed by atoms with Gasteiger partial charge in [-0.15, -0.1) is 11.8 Å². The van der Waals surface area contributed by atoms with E-state index in [1.165, 1.54) is 0 Å². The fourth-order valence-electron chi connectivity index (χ4n) is 2.74. The van der Waals surface area contributed by atoms with Crippen molar-refractivity contribution in [1.82, 2.24) is 10.3 Å². The Morgan fingerprint density at radius 1 is 1.31 bits per heavy atom. The van der Waals surface area contributed by atoms with Crippen molar-refractivity contribution < 1.29 is 4.79 Å². The van der Waals surface area contributed by atoms with E-state index in [1.54, 1.807) is 11.8 Å². The van der Waals surface area contributed by atoms with Crippen LogP contribution in [-0.2, 0) is 17.8 Å². The Kier molecular flexibility index (Phi) is 6.29. The Morgan fingerprint density at radius 3 is 2.88 bits per heavy atom. The zero-order valence-electron chi connectivity index (χ0n) is 14.2. The van der Waals surface area contributed by atoms with Crippen LogP contribution in [0.2, 0.25) is 5.02 Å².